The molecule has 1 aliphatic carbocycles. The summed E-state index contributed by atoms with van der Waals surface area (Å²) in [5.74, 6) is -0.0263. The van der Waals surface area contributed by atoms with Crippen LogP contribution in [-0.2, 0) is 4.74 Å². The third kappa shape index (κ3) is 8.97. The van der Waals surface area contributed by atoms with E-state index in [0.717, 1.165) is 31.7 Å². The molecule has 0 aromatic carbocycles. The lowest BCUT2D eigenvalue weighted by atomic mass is 9.93. The first-order valence-corrected chi connectivity index (χ1v) is 10.2. The molecule has 2 heterocycles. The largest absolute Gasteiger partial charge is 0.474 e. The van der Waals surface area contributed by atoms with E-state index >= 15 is 0 Å². The van der Waals surface area contributed by atoms with Gasteiger partial charge in [0.05, 0.1) is 11.1 Å². The summed E-state index contributed by atoms with van der Waals surface area (Å²) in [6.07, 6.45) is 5.81. The molecule has 9 heteroatoms. The van der Waals surface area contributed by atoms with Gasteiger partial charge in [0.2, 0.25) is 11.8 Å². The van der Waals surface area contributed by atoms with E-state index in [-0.39, 0.29) is 18.2 Å². The maximum Gasteiger partial charge on any atom is 0.407 e. The van der Waals surface area contributed by atoms with Crippen molar-refractivity contribution in [2.24, 2.45) is 0 Å². The highest BCUT2D eigenvalue weighted by atomic mass is 19.1. The number of hydrogen-bond donors (Lipinski definition) is 1. The molecule has 2 aromatic heterocycles. The van der Waals surface area contributed by atoms with Gasteiger partial charge in [-0.1, -0.05) is 0 Å². The zero-order valence-corrected chi connectivity index (χ0v) is 18.3. The molecule has 8 nitrogen and oxygen atoms in total. The molecular weight excluding hydrogens is 413 g/mol. The van der Waals surface area contributed by atoms with E-state index < -0.39 is 11.5 Å². The van der Waals surface area contributed by atoms with Crippen LogP contribution in [-0.4, -0.2) is 33.8 Å². The molecule has 1 N–H and O–H groups in total. The molecular formula is C23H26FN5O3. The minimum atomic E-state index is -0.561. The second kappa shape index (κ2) is 11.6. The van der Waals surface area contributed by atoms with E-state index in [1.54, 1.807) is 12.1 Å². The maximum atomic E-state index is 12.0. The first-order valence-electron chi connectivity index (χ1n) is 10.2. The Hall–Kier alpha value is -3.72. The Balaban J connectivity index is 0.000000336. The number of alkyl carbamates (subject to hydrolysis) is 1. The average molecular weight is 439 g/mol. The van der Waals surface area contributed by atoms with Crippen molar-refractivity contribution in [3.8, 4) is 18.0 Å². The van der Waals surface area contributed by atoms with E-state index in [0.29, 0.717) is 17.0 Å². The van der Waals surface area contributed by atoms with E-state index in [9.17, 15) is 9.18 Å². The lowest BCUT2D eigenvalue weighted by Gasteiger charge is -2.30. The molecule has 0 bridgehead atoms. The molecule has 0 spiro atoms. The Morgan fingerprint density at radius 3 is 2.09 bits per heavy atom. The lowest BCUT2D eigenvalue weighted by Crippen LogP contribution is -2.42. The molecule has 0 atom stereocenters. The third-order valence-electron chi connectivity index (χ3n) is 4.40. The molecule has 2 aromatic rings. The Bertz CT molecular complexity index is 952. The van der Waals surface area contributed by atoms with Crippen molar-refractivity contribution in [3.63, 3.8) is 0 Å². The molecule has 0 aliphatic heterocycles. The number of ether oxygens (including phenoxy) is 2. The van der Waals surface area contributed by atoms with Gasteiger partial charge in [-0.3, -0.25) is 0 Å². The second-order valence-electron chi connectivity index (χ2n) is 8.22. The fraction of sp³-hybridized carbons (Fsp3) is 0.435. The van der Waals surface area contributed by atoms with Crippen LogP contribution in [0.1, 0.15) is 57.6 Å². The van der Waals surface area contributed by atoms with Crippen LogP contribution in [0.3, 0.4) is 0 Å². The summed E-state index contributed by atoms with van der Waals surface area (Å²) < 4.78 is 23.1. The molecule has 0 unspecified atom stereocenters. The summed E-state index contributed by atoms with van der Waals surface area (Å²) in [6.45, 7) is 5.55. The summed E-state index contributed by atoms with van der Waals surface area (Å²) in [6, 6.07) is 9.91. The molecule has 1 saturated carbocycles. The minimum absolute atomic E-state index is 0.0899. The van der Waals surface area contributed by atoms with Gasteiger partial charge < -0.3 is 14.8 Å². The van der Waals surface area contributed by atoms with E-state index in [2.05, 4.69) is 15.3 Å². The summed E-state index contributed by atoms with van der Waals surface area (Å²) in [5.41, 5.74) is 0.407. The first-order chi connectivity index (χ1) is 15.2. The number of pyridine rings is 2. The van der Waals surface area contributed by atoms with Crippen LogP contribution in [0.15, 0.2) is 36.7 Å². The predicted octanol–water partition coefficient (Wildman–Crippen LogP) is 4.26. The van der Waals surface area contributed by atoms with Crippen molar-refractivity contribution in [2.75, 3.05) is 0 Å². The first kappa shape index (κ1) is 24.5. The topological polar surface area (TPSA) is 121 Å². The number of hydrogen-bond acceptors (Lipinski definition) is 7. The number of nitrogens with zero attached hydrogens (tertiary/aromatic N) is 4. The van der Waals surface area contributed by atoms with Crippen LogP contribution in [0.2, 0.25) is 0 Å². The molecule has 0 radical (unpaired) electrons. The van der Waals surface area contributed by atoms with Gasteiger partial charge in [0, 0.05) is 24.5 Å². The van der Waals surface area contributed by atoms with E-state index in [1.807, 2.05) is 32.9 Å². The Labute approximate surface area is 187 Å². The van der Waals surface area contributed by atoms with Crippen LogP contribution in [0.5, 0.6) is 5.88 Å². The maximum absolute atomic E-state index is 12.0. The lowest BCUT2D eigenvalue weighted by molar-refractivity contribution is 0.0469. The molecule has 168 valence electrons. The average Bonchev–Trinajstić information content (AvgIpc) is 2.75. The summed E-state index contributed by atoms with van der Waals surface area (Å²) in [4.78, 5) is 19.1. The van der Waals surface area contributed by atoms with Crippen molar-refractivity contribution in [3.05, 3.63) is 53.7 Å². The van der Waals surface area contributed by atoms with Gasteiger partial charge in [-0.15, -0.1) is 0 Å². The van der Waals surface area contributed by atoms with Gasteiger partial charge in [-0.05, 0) is 64.7 Å². The van der Waals surface area contributed by atoms with Gasteiger partial charge >= 0.3 is 6.09 Å². The van der Waals surface area contributed by atoms with Gasteiger partial charge in [-0.25, -0.2) is 14.8 Å². The Morgan fingerprint density at radius 2 is 1.62 bits per heavy atom. The normalized spacial score (nSPS) is 17.6. The quantitative estimate of drug-likeness (QED) is 0.709. The molecule has 0 saturated heterocycles. The van der Waals surface area contributed by atoms with Crippen molar-refractivity contribution >= 4 is 6.09 Å². The van der Waals surface area contributed by atoms with Crippen molar-refractivity contribution in [2.45, 2.75) is 64.2 Å². The number of aromatic nitrogens is 2. The van der Waals surface area contributed by atoms with Crippen LogP contribution < -0.4 is 10.1 Å². The number of carbonyl (C=O) groups excluding carboxylic acids is 1. The van der Waals surface area contributed by atoms with E-state index in [1.165, 1.54) is 18.5 Å². The number of nitriles is 2. The standard InChI is InChI=1S/C17H23N3O3.C6H3FN2/c1-17(2,3)23-16(21)20-13-5-7-14(8-6-13)22-15-9-4-12(10-18)11-19-15;7-6-2-1-5(3-8)4-9-6/h4,9,11,13-14H,5-8H2,1-3H3,(H,20,21);1-2,4H. The van der Waals surface area contributed by atoms with Crippen LogP contribution in [0.25, 0.3) is 0 Å². The number of nitrogens with one attached hydrogen (secondary N) is 1. The van der Waals surface area contributed by atoms with Crippen molar-refractivity contribution in [1.82, 2.24) is 15.3 Å². The molecule has 3 rings (SSSR count). The summed E-state index contributed by atoms with van der Waals surface area (Å²) >= 11 is 0. The highest BCUT2D eigenvalue weighted by Crippen LogP contribution is 2.23. The van der Waals surface area contributed by atoms with Gasteiger partial charge in [0.1, 0.15) is 23.8 Å². The summed E-state index contributed by atoms with van der Waals surface area (Å²) in [5, 5.41) is 19.9. The smallest absolute Gasteiger partial charge is 0.407 e. The number of amides is 1. The fourth-order valence-corrected chi connectivity index (χ4v) is 2.93. The monoisotopic (exact) mass is 439 g/mol. The molecule has 1 amide bonds. The van der Waals surface area contributed by atoms with E-state index in [4.69, 9.17) is 20.0 Å². The second-order valence-corrected chi connectivity index (χ2v) is 8.22. The Morgan fingerprint density at radius 1 is 1.03 bits per heavy atom. The molecule has 1 aliphatic rings. The van der Waals surface area contributed by atoms with Gasteiger partial charge in [0.25, 0.3) is 0 Å². The number of halogens is 1. The Kier molecular flexibility index (Phi) is 8.91. The number of rotatable bonds is 3. The third-order valence-corrected chi connectivity index (χ3v) is 4.40. The van der Waals surface area contributed by atoms with Gasteiger partial charge in [0.15, 0.2) is 0 Å². The molecule has 1 fully saturated rings. The van der Waals surface area contributed by atoms with Crippen molar-refractivity contribution in [1.29, 1.82) is 10.5 Å². The summed E-state index contributed by atoms with van der Waals surface area (Å²) in [7, 11) is 0. The zero-order valence-electron chi connectivity index (χ0n) is 18.3. The SMILES string of the molecule is CC(C)(C)OC(=O)NC1CCC(Oc2ccc(C#N)cn2)CC1.N#Cc1ccc(F)nc1. The predicted molar refractivity (Wildman–Crippen MR) is 114 cm³/mol. The molecule has 32 heavy (non-hydrogen) atoms. The highest BCUT2D eigenvalue weighted by Gasteiger charge is 2.25. The van der Waals surface area contributed by atoms with Crippen LogP contribution in [0.4, 0.5) is 9.18 Å². The van der Waals surface area contributed by atoms with Crippen LogP contribution in [0, 0.1) is 28.6 Å². The number of carbonyl (C=O) groups is 1. The van der Waals surface area contributed by atoms with Crippen LogP contribution >= 0.6 is 0 Å². The fourth-order valence-electron chi connectivity index (χ4n) is 2.93. The minimum Gasteiger partial charge on any atom is -0.474 e. The van der Waals surface area contributed by atoms with Crippen molar-refractivity contribution < 1.29 is 18.7 Å². The zero-order chi connectivity index (χ0) is 23.6. The van der Waals surface area contributed by atoms with Gasteiger partial charge in [-0.2, -0.15) is 14.9 Å². The highest BCUT2D eigenvalue weighted by molar-refractivity contribution is 5.68.